The maximum Gasteiger partial charge on any atom is 0.0375 e. The van der Waals surface area contributed by atoms with Gasteiger partial charge in [0, 0.05) is 12.7 Å². The van der Waals surface area contributed by atoms with E-state index in [4.69, 9.17) is 0 Å². The molecule has 0 radical (unpaired) electrons. The Labute approximate surface area is 74.8 Å². The summed E-state index contributed by atoms with van der Waals surface area (Å²) in [7, 11) is 1.98. The van der Waals surface area contributed by atoms with E-state index in [0.29, 0.717) is 0 Å². The van der Waals surface area contributed by atoms with Crippen molar-refractivity contribution in [2.75, 3.05) is 12.4 Å². The number of hydrogen-bond donors (Lipinski definition) is 1. The molecule has 1 aromatic rings. The molecule has 0 aromatic heterocycles. The molecule has 0 bridgehead atoms. The highest BCUT2D eigenvalue weighted by Crippen LogP contribution is 2.21. The molecule has 0 fully saturated rings. The minimum atomic E-state index is 1.10. The number of anilines is 1. The molecule has 0 atom stereocenters. The lowest BCUT2D eigenvalue weighted by Gasteiger charge is -2.11. The Hall–Kier alpha value is -0.980. The zero-order valence-electron chi connectivity index (χ0n) is 8.36. The molecule has 0 aliphatic heterocycles. The van der Waals surface area contributed by atoms with Crippen molar-refractivity contribution in [2.45, 2.75) is 27.2 Å². The van der Waals surface area contributed by atoms with Gasteiger partial charge in [0.05, 0.1) is 0 Å². The van der Waals surface area contributed by atoms with E-state index in [9.17, 15) is 0 Å². The fourth-order valence-corrected chi connectivity index (χ4v) is 1.69. The molecular weight excluding hydrogens is 146 g/mol. The van der Waals surface area contributed by atoms with Crippen molar-refractivity contribution in [3.05, 3.63) is 28.8 Å². The zero-order valence-corrected chi connectivity index (χ0v) is 8.36. The van der Waals surface area contributed by atoms with E-state index in [-0.39, 0.29) is 0 Å². The van der Waals surface area contributed by atoms with Crippen LogP contribution >= 0.6 is 0 Å². The Kier molecular flexibility index (Phi) is 2.74. The van der Waals surface area contributed by atoms with Crippen molar-refractivity contribution in [1.82, 2.24) is 0 Å². The molecule has 0 spiro atoms. The Bertz CT molecular complexity index is 277. The van der Waals surface area contributed by atoms with Gasteiger partial charge < -0.3 is 5.32 Å². The fourth-order valence-electron chi connectivity index (χ4n) is 1.69. The van der Waals surface area contributed by atoms with Gasteiger partial charge in [0.2, 0.25) is 0 Å². The Morgan fingerprint density at radius 3 is 2.42 bits per heavy atom. The minimum Gasteiger partial charge on any atom is -0.388 e. The standard InChI is InChI=1S/C11H17N/c1-5-10-9(3)6-8(2)7-11(10)12-4/h6-7,12H,5H2,1-4H3. The van der Waals surface area contributed by atoms with Crippen LogP contribution in [-0.4, -0.2) is 7.05 Å². The molecule has 0 saturated heterocycles. The van der Waals surface area contributed by atoms with Crippen LogP contribution in [0, 0.1) is 13.8 Å². The van der Waals surface area contributed by atoms with Gasteiger partial charge in [-0.25, -0.2) is 0 Å². The number of nitrogens with one attached hydrogen (secondary N) is 1. The van der Waals surface area contributed by atoms with E-state index in [1.54, 1.807) is 0 Å². The predicted molar refractivity (Wildman–Crippen MR) is 54.8 cm³/mol. The fraction of sp³-hybridized carbons (Fsp3) is 0.455. The molecule has 1 nitrogen and oxygen atoms in total. The van der Waals surface area contributed by atoms with Gasteiger partial charge in [-0.1, -0.05) is 13.0 Å². The summed E-state index contributed by atoms with van der Waals surface area (Å²) in [6.45, 7) is 6.50. The molecular formula is C11H17N. The van der Waals surface area contributed by atoms with Crippen LogP contribution in [0.1, 0.15) is 23.6 Å². The highest BCUT2D eigenvalue weighted by Gasteiger charge is 2.02. The third kappa shape index (κ3) is 1.60. The van der Waals surface area contributed by atoms with Gasteiger partial charge in [-0.2, -0.15) is 0 Å². The van der Waals surface area contributed by atoms with Gasteiger partial charge in [0.25, 0.3) is 0 Å². The molecule has 1 N–H and O–H groups in total. The largest absolute Gasteiger partial charge is 0.388 e. The van der Waals surface area contributed by atoms with Crippen LogP contribution in [0.25, 0.3) is 0 Å². The molecule has 66 valence electrons. The van der Waals surface area contributed by atoms with Gasteiger partial charge >= 0.3 is 0 Å². The van der Waals surface area contributed by atoms with Crippen molar-refractivity contribution in [3.8, 4) is 0 Å². The van der Waals surface area contributed by atoms with Crippen molar-refractivity contribution in [3.63, 3.8) is 0 Å². The van der Waals surface area contributed by atoms with Crippen molar-refractivity contribution >= 4 is 5.69 Å². The van der Waals surface area contributed by atoms with Gasteiger partial charge in [-0.3, -0.25) is 0 Å². The van der Waals surface area contributed by atoms with E-state index in [0.717, 1.165) is 6.42 Å². The minimum absolute atomic E-state index is 1.10. The quantitative estimate of drug-likeness (QED) is 0.707. The highest BCUT2D eigenvalue weighted by molar-refractivity contribution is 5.56. The molecule has 0 aliphatic rings. The molecule has 12 heavy (non-hydrogen) atoms. The first-order valence-electron chi connectivity index (χ1n) is 4.47. The third-order valence-corrected chi connectivity index (χ3v) is 2.24. The highest BCUT2D eigenvalue weighted by atomic mass is 14.8. The first-order valence-corrected chi connectivity index (χ1v) is 4.47. The summed E-state index contributed by atoms with van der Waals surface area (Å²) in [5.74, 6) is 0. The average molecular weight is 163 g/mol. The van der Waals surface area contributed by atoms with Gasteiger partial charge in [-0.05, 0) is 43.0 Å². The van der Waals surface area contributed by atoms with Gasteiger partial charge in [0.15, 0.2) is 0 Å². The molecule has 0 heterocycles. The Balaban J connectivity index is 3.24. The van der Waals surface area contributed by atoms with E-state index in [1.807, 2.05) is 7.05 Å². The molecule has 0 aliphatic carbocycles. The second kappa shape index (κ2) is 3.61. The van der Waals surface area contributed by atoms with Gasteiger partial charge in [0.1, 0.15) is 0 Å². The van der Waals surface area contributed by atoms with Gasteiger partial charge in [-0.15, -0.1) is 0 Å². The summed E-state index contributed by atoms with van der Waals surface area (Å²) in [5, 5.41) is 3.23. The van der Waals surface area contributed by atoms with Crippen LogP contribution in [0.4, 0.5) is 5.69 Å². The number of benzene rings is 1. The topological polar surface area (TPSA) is 12.0 Å². The summed E-state index contributed by atoms with van der Waals surface area (Å²) in [6, 6.07) is 4.44. The van der Waals surface area contributed by atoms with Crippen LogP contribution in [0.15, 0.2) is 12.1 Å². The van der Waals surface area contributed by atoms with E-state index in [2.05, 4.69) is 38.2 Å². The lowest BCUT2D eigenvalue weighted by atomic mass is 10.0. The van der Waals surface area contributed by atoms with Crippen LogP contribution in [-0.2, 0) is 6.42 Å². The number of rotatable bonds is 2. The van der Waals surface area contributed by atoms with E-state index >= 15 is 0 Å². The van der Waals surface area contributed by atoms with E-state index < -0.39 is 0 Å². The monoisotopic (exact) mass is 163 g/mol. The normalized spacial score (nSPS) is 10.0. The third-order valence-electron chi connectivity index (χ3n) is 2.24. The maximum atomic E-state index is 3.23. The predicted octanol–water partition coefficient (Wildman–Crippen LogP) is 2.91. The van der Waals surface area contributed by atoms with Crippen molar-refractivity contribution in [1.29, 1.82) is 0 Å². The summed E-state index contributed by atoms with van der Waals surface area (Å²) < 4.78 is 0. The van der Waals surface area contributed by atoms with E-state index in [1.165, 1.54) is 22.4 Å². The van der Waals surface area contributed by atoms with Crippen LogP contribution in [0.3, 0.4) is 0 Å². The average Bonchev–Trinajstić information content (AvgIpc) is 2.03. The van der Waals surface area contributed by atoms with Crippen LogP contribution in [0.2, 0.25) is 0 Å². The molecule has 0 unspecified atom stereocenters. The zero-order chi connectivity index (χ0) is 9.14. The molecule has 1 heteroatoms. The summed E-state index contributed by atoms with van der Waals surface area (Å²) in [4.78, 5) is 0. The maximum absolute atomic E-state index is 3.23. The second-order valence-electron chi connectivity index (χ2n) is 3.21. The van der Waals surface area contributed by atoms with Crippen LogP contribution in [0.5, 0.6) is 0 Å². The first kappa shape index (κ1) is 9.11. The number of aryl methyl sites for hydroxylation is 2. The molecule has 1 rings (SSSR count). The smallest absolute Gasteiger partial charge is 0.0375 e. The molecule has 0 amide bonds. The second-order valence-corrected chi connectivity index (χ2v) is 3.21. The molecule has 0 saturated carbocycles. The lowest BCUT2D eigenvalue weighted by Crippen LogP contribution is -1.97. The summed E-state index contributed by atoms with van der Waals surface area (Å²) >= 11 is 0. The lowest BCUT2D eigenvalue weighted by molar-refractivity contribution is 1.10. The number of hydrogen-bond acceptors (Lipinski definition) is 1. The summed E-state index contributed by atoms with van der Waals surface area (Å²) in [6.07, 6.45) is 1.10. The summed E-state index contributed by atoms with van der Waals surface area (Å²) in [5.41, 5.74) is 5.43. The molecule has 1 aromatic carbocycles. The SMILES string of the molecule is CCc1c(C)cc(C)cc1NC. The Morgan fingerprint density at radius 1 is 1.25 bits per heavy atom. The van der Waals surface area contributed by atoms with Crippen molar-refractivity contribution in [2.24, 2.45) is 0 Å². The Morgan fingerprint density at radius 2 is 1.92 bits per heavy atom. The van der Waals surface area contributed by atoms with Crippen molar-refractivity contribution < 1.29 is 0 Å². The first-order chi connectivity index (χ1) is 5.69. The van der Waals surface area contributed by atoms with Crippen LogP contribution < -0.4 is 5.32 Å².